The van der Waals surface area contributed by atoms with E-state index in [0.717, 1.165) is 5.56 Å². The fourth-order valence-corrected chi connectivity index (χ4v) is 2.12. The van der Waals surface area contributed by atoms with Crippen molar-refractivity contribution < 1.29 is 14.4 Å². The molecule has 0 radical (unpaired) electrons. The number of benzene rings is 1. The second-order valence-electron chi connectivity index (χ2n) is 5.11. The Hall–Kier alpha value is -3.22. The number of rotatable bonds is 5. The average molecular weight is 326 g/mol. The van der Waals surface area contributed by atoms with Gasteiger partial charge < -0.3 is 5.32 Å². The van der Waals surface area contributed by atoms with Crippen LogP contribution in [0.1, 0.15) is 35.3 Å². The Kier molecular flexibility index (Phi) is 6.01. The van der Waals surface area contributed by atoms with E-state index < -0.39 is 17.9 Å². The second kappa shape index (κ2) is 8.42. The molecular weight excluding hydrogens is 308 g/mol. The molecule has 1 heterocycles. The second-order valence-corrected chi connectivity index (χ2v) is 5.11. The minimum Gasteiger partial charge on any atom is -0.349 e. The van der Waals surface area contributed by atoms with Gasteiger partial charge >= 0.3 is 0 Å². The van der Waals surface area contributed by atoms with Gasteiger partial charge in [-0.25, -0.2) is 0 Å². The summed E-state index contributed by atoms with van der Waals surface area (Å²) in [4.78, 5) is 39.1. The summed E-state index contributed by atoms with van der Waals surface area (Å²) in [6.07, 6.45) is 2.94. The van der Waals surface area contributed by atoms with Crippen LogP contribution in [0.2, 0.25) is 0 Å². The Bertz CT molecular complexity index is 704. The lowest BCUT2D eigenvalue weighted by atomic mass is 10.0. The van der Waals surface area contributed by atoms with Crippen molar-refractivity contribution in [3.8, 4) is 0 Å². The summed E-state index contributed by atoms with van der Waals surface area (Å²) in [6.45, 7) is 1.39. The SMILES string of the molecule is CC(=O)NC(CC(=O)NNC(=O)c1cccnc1)c1ccccc1. The Morgan fingerprint density at radius 2 is 1.79 bits per heavy atom. The zero-order valence-electron chi connectivity index (χ0n) is 13.2. The zero-order valence-corrected chi connectivity index (χ0v) is 13.2. The van der Waals surface area contributed by atoms with Gasteiger partial charge in [0.05, 0.1) is 18.0 Å². The smallest absolute Gasteiger partial charge is 0.271 e. The first kappa shape index (κ1) is 17.1. The number of nitrogens with one attached hydrogen (secondary N) is 3. The summed E-state index contributed by atoms with van der Waals surface area (Å²) >= 11 is 0. The van der Waals surface area contributed by atoms with Crippen molar-refractivity contribution in [3.05, 3.63) is 66.0 Å². The highest BCUT2D eigenvalue weighted by molar-refractivity contribution is 5.95. The van der Waals surface area contributed by atoms with Crippen molar-refractivity contribution in [1.29, 1.82) is 0 Å². The van der Waals surface area contributed by atoms with Crippen LogP contribution in [0, 0.1) is 0 Å². The Labute approximate surface area is 139 Å². The molecule has 1 aromatic carbocycles. The van der Waals surface area contributed by atoms with Crippen LogP contribution in [0.15, 0.2) is 54.9 Å². The molecule has 0 aliphatic carbocycles. The molecule has 0 aliphatic heterocycles. The summed E-state index contributed by atoms with van der Waals surface area (Å²) < 4.78 is 0. The monoisotopic (exact) mass is 326 g/mol. The summed E-state index contributed by atoms with van der Waals surface area (Å²) in [5.74, 6) is -1.13. The number of hydrogen-bond donors (Lipinski definition) is 3. The van der Waals surface area contributed by atoms with Gasteiger partial charge in [-0.05, 0) is 17.7 Å². The van der Waals surface area contributed by atoms with E-state index in [1.54, 1.807) is 18.3 Å². The van der Waals surface area contributed by atoms with E-state index in [1.165, 1.54) is 13.1 Å². The van der Waals surface area contributed by atoms with Crippen LogP contribution < -0.4 is 16.2 Å². The Balaban J connectivity index is 1.93. The van der Waals surface area contributed by atoms with Gasteiger partial charge in [0, 0.05) is 19.3 Å². The zero-order chi connectivity index (χ0) is 17.4. The average Bonchev–Trinajstić information content (AvgIpc) is 2.60. The van der Waals surface area contributed by atoms with E-state index in [1.807, 2.05) is 30.3 Å². The van der Waals surface area contributed by atoms with Gasteiger partial charge in [-0.3, -0.25) is 30.2 Å². The van der Waals surface area contributed by atoms with Crippen LogP contribution in [0.3, 0.4) is 0 Å². The molecule has 0 saturated carbocycles. The van der Waals surface area contributed by atoms with E-state index in [9.17, 15) is 14.4 Å². The fraction of sp³-hybridized carbons (Fsp3) is 0.176. The van der Waals surface area contributed by atoms with Crippen LogP contribution in [-0.4, -0.2) is 22.7 Å². The van der Waals surface area contributed by atoms with Gasteiger partial charge in [-0.1, -0.05) is 30.3 Å². The van der Waals surface area contributed by atoms with Gasteiger partial charge in [0.1, 0.15) is 0 Å². The third-order valence-corrected chi connectivity index (χ3v) is 3.21. The first-order valence-corrected chi connectivity index (χ1v) is 7.37. The van der Waals surface area contributed by atoms with Gasteiger partial charge in [0.25, 0.3) is 5.91 Å². The van der Waals surface area contributed by atoms with Crippen LogP contribution in [-0.2, 0) is 9.59 Å². The molecule has 2 rings (SSSR count). The molecule has 7 heteroatoms. The third kappa shape index (κ3) is 5.20. The van der Waals surface area contributed by atoms with Crippen molar-refractivity contribution in [2.75, 3.05) is 0 Å². The number of carbonyl (C=O) groups excluding carboxylic acids is 3. The van der Waals surface area contributed by atoms with E-state index in [4.69, 9.17) is 0 Å². The first-order valence-electron chi connectivity index (χ1n) is 7.37. The lowest BCUT2D eigenvalue weighted by molar-refractivity contribution is -0.123. The third-order valence-electron chi connectivity index (χ3n) is 3.21. The molecule has 0 bridgehead atoms. The Morgan fingerprint density at radius 1 is 1.04 bits per heavy atom. The van der Waals surface area contributed by atoms with Crippen molar-refractivity contribution in [2.45, 2.75) is 19.4 Å². The number of amides is 3. The topological polar surface area (TPSA) is 100 Å². The van der Waals surface area contributed by atoms with Gasteiger partial charge in [0.15, 0.2) is 0 Å². The molecule has 3 N–H and O–H groups in total. The van der Waals surface area contributed by atoms with Crippen molar-refractivity contribution in [2.24, 2.45) is 0 Å². The van der Waals surface area contributed by atoms with E-state index in [0.29, 0.717) is 5.56 Å². The minimum absolute atomic E-state index is 0.00306. The Morgan fingerprint density at radius 3 is 2.42 bits per heavy atom. The molecule has 1 unspecified atom stereocenters. The molecule has 124 valence electrons. The number of aromatic nitrogens is 1. The maximum Gasteiger partial charge on any atom is 0.271 e. The van der Waals surface area contributed by atoms with E-state index in [-0.39, 0.29) is 12.3 Å². The summed E-state index contributed by atoms with van der Waals surface area (Å²) in [7, 11) is 0. The van der Waals surface area contributed by atoms with Crippen molar-refractivity contribution in [3.63, 3.8) is 0 Å². The molecule has 0 spiro atoms. The van der Waals surface area contributed by atoms with Crippen molar-refractivity contribution >= 4 is 17.7 Å². The number of nitrogens with zero attached hydrogens (tertiary/aromatic N) is 1. The minimum atomic E-state index is -0.473. The van der Waals surface area contributed by atoms with E-state index in [2.05, 4.69) is 21.2 Å². The number of pyridine rings is 1. The molecule has 1 aromatic heterocycles. The summed E-state index contributed by atoms with van der Waals surface area (Å²) in [5, 5.41) is 2.72. The van der Waals surface area contributed by atoms with Crippen LogP contribution in [0.25, 0.3) is 0 Å². The number of hydrazine groups is 1. The highest BCUT2D eigenvalue weighted by Gasteiger charge is 2.17. The molecule has 0 fully saturated rings. The first-order chi connectivity index (χ1) is 11.6. The molecule has 3 amide bonds. The quantitative estimate of drug-likeness (QED) is 0.717. The molecular formula is C17H18N4O3. The van der Waals surface area contributed by atoms with Gasteiger partial charge in [-0.15, -0.1) is 0 Å². The molecule has 0 aliphatic rings. The maximum absolute atomic E-state index is 12.1. The largest absolute Gasteiger partial charge is 0.349 e. The standard InChI is InChI=1S/C17H18N4O3/c1-12(22)19-15(13-6-3-2-4-7-13)10-16(23)20-21-17(24)14-8-5-9-18-11-14/h2-9,11,15H,10H2,1H3,(H,19,22)(H,20,23)(H,21,24). The highest BCUT2D eigenvalue weighted by Crippen LogP contribution is 2.16. The molecule has 1 atom stereocenters. The predicted molar refractivity (Wildman–Crippen MR) is 87.5 cm³/mol. The van der Waals surface area contributed by atoms with Crippen LogP contribution in [0.4, 0.5) is 0 Å². The summed E-state index contributed by atoms with van der Waals surface area (Å²) in [5.41, 5.74) is 5.79. The molecule has 2 aromatic rings. The number of hydrogen-bond acceptors (Lipinski definition) is 4. The number of carbonyl (C=O) groups is 3. The van der Waals surface area contributed by atoms with Gasteiger partial charge in [0.2, 0.25) is 11.8 Å². The lowest BCUT2D eigenvalue weighted by Gasteiger charge is -2.18. The molecule has 0 saturated heterocycles. The highest BCUT2D eigenvalue weighted by atomic mass is 16.2. The lowest BCUT2D eigenvalue weighted by Crippen LogP contribution is -2.43. The van der Waals surface area contributed by atoms with Crippen LogP contribution in [0.5, 0.6) is 0 Å². The fourth-order valence-electron chi connectivity index (χ4n) is 2.12. The predicted octanol–water partition coefficient (Wildman–Crippen LogP) is 1.11. The van der Waals surface area contributed by atoms with Crippen molar-refractivity contribution in [1.82, 2.24) is 21.2 Å². The maximum atomic E-state index is 12.1. The van der Waals surface area contributed by atoms with E-state index >= 15 is 0 Å². The van der Waals surface area contributed by atoms with Crippen LogP contribution >= 0.6 is 0 Å². The van der Waals surface area contributed by atoms with Gasteiger partial charge in [-0.2, -0.15) is 0 Å². The summed E-state index contributed by atoms with van der Waals surface area (Å²) in [6, 6.07) is 11.9. The normalized spacial score (nSPS) is 11.2. The molecule has 7 nitrogen and oxygen atoms in total. The molecule has 24 heavy (non-hydrogen) atoms.